The molecular weight excluding hydrogens is 206 g/mol. The maximum absolute atomic E-state index is 10.6. The van der Waals surface area contributed by atoms with E-state index in [1.54, 1.807) is 13.8 Å². The van der Waals surface area contributed by atoms with E-state index in [1.165, 1.54) is 6.92 Å². The Morgan fingerprint density at radius 1 is 1.29 bits per heavy atom. The maximum atomic E-state index is 10.6. The van der Waals surface area contributed by atoms with Gasteiger partial charge in [0.15, 0.2) is 0 Å². The molecule has 5 nitrogen and oxygen atoms in total. The smallest absolute Gasteiger partial charge is 0.321 e. The molecule has 0 amide bonds. The van der Waals surface area contributed by atoms with Gasteiger partial charge in [-0.2, -0.15) is 0 Å². The molecule has 0 aliphatic rings. The number of hydrogen-bond donors (Lipinski definition) is 3. The minimum absolute atomic E-state index is 0.671. The lowest BCUT2D eigenvalue weighted by Crippen LogP contribution is -2.48. The number of aliphatic carboxylic acids is 2. The second kappa shape index (κ2) is 4.65. The SMILES string of the molecule is CC(SC(C)(C)[C@H](N)C(=O)O)C(=O)O. The van der Waals surface area contributed by atoms with Crippen LogP contribution in [0, 0.1) is 0 Å². The van der Waals surface area contributed by atoms with Crippen LogP contribution in [0.2, 0.25) is 0 Å². The van der Waals surface area contributed by atoms with Crippen molar-refractivity contribution in [2.45, 2.75) is 36.8 Å². The summed E-state index contributed by atoms with van der Waals surface area (Å²) in [6, 6.07) is -1.07. The first-order valence-electron chi connectivity index (χ1n) is 4.07. The van der Waals surface area contributed by atoms with Crippen molar-refractivity contribution in [3.05, 3.63) is 0 Å². The van der Waals surface area contributed by atoms with E-state index in [1.807, 2.05) is 0 Å². The van der Waals surface area contributed by atoms with Gasteiger partial charge in [-0.05, 0) is 20.8 Å². The number of carbonyl (C=O) groups is 2. The summed E-state index contributed by atoms with van der Waals surface area (Å²) in [6.45, 7) is 4.75. The number of thioether (sulfide) groups is 1. The highest BCUT2D eigenvalue weighted by atomic mass is 32.2. The van der Waals surface area contributed by atoms with Gasteiger partial charge in [-0.1, -0.05) is 0 Å². The molecule has 0 aromatic rings. The number of carboxylic acids is 2. The third-order valence-electron chi connectivity index (χ3n) is 1.84. The van der Waals surface area contributed by atoms with E-state index >= 15 is 0 Å². The molecule has 0 saturated carbocycles. The summed E-state index contributed by atoms with van der Waals surface area (Å²) in [5.41, 5.74) is 5.43. The monoisotopic (exact) mass is 221 g/mol. The molecule has 6 heteroatoms. The summed E-state index contributed by atoms with van der Waals surface area (Å²) < 4.78 is -0.802. The zero-order valence-corrected chi connectivity index (χ0v) is 9.17. The molecule has 0 saturated heterocycles. The molecule has 0 aliphatic carbocycles. The predicted molar refractivity (Wildman–Crippen MR) is 54.4 cm³/mol. The molecule has 4 N–H and O–H groups in total. The average molecular weight is 221 g/mol. The van der Waals surface area contributed by atoms with E-state index in [4.69, 9.17) is 15.9 Å². The average Bonchev–Trinajstić information content (AvgIpc) is 2.01. The molecule has 82 valence electrons. The van der Waals surface area contributed by atoms with Crippen LogP contribution in [-0.4, -0.2) is 38.2 Å². The van der Waals surface area contributed by atoms with Crippen LogP contribution in [0.25, 0.3) is 0 Å². The Kier molecular flexibility index (Phi) is 4.41. The van der Waals surface area contributed by atoms with Crippen molar-refractivity contribution in [2.24, 2.45) is 5.73 Å². The maximum Gasteiger partial charge on any atom is 0.321 e. The number of nitrogens with two attached hydrogens (primary N) is 1. The summed E-state index contributed by atoms with van der Waals surface area (Å²) in [5, 5.41) is 16.7. The van der Waals surface area contributed by atoms with E-state index < -0.39 is 28.0 Å². The second-order valence-electron chi connectivity index (χ2n) is 3.52. The van der Waals surface area contributed by atoms with Crippen LogP contribution in [0.1, 0.15) is 20.8 Å². The van der Waals surface area contributed by atoms with E-state index in [9.17, 15) is 9.59 Å². The summed E-state index contributed by atoms with van der Waals surface area (Å²) in [7, 11) is 0. The quantitative estimate of drug-likeness (QED) is 0.620. The second-order valence-corrected chi connectivity index (χ2v) is 5.51. The summed E-state index contributed by atoms with van der Waals surface area (Å²) in [4.78, 5) is 21.2. The van der Waals surface area contributed by atoms with Crippen molar-refractivity contribution in [1.82, 2.24) is 0 Å². The van der Waals surface area contributed by atoms with Crippen LogP contribution >= 0.6 is 11.8 Å². The topological polar surface area (TPSA) is 101 Å². The van der Waals surface area contributed by atoms with Gasteiger partial charge in [0, 0.05) is 4.75 Å². The Hall–Kier alpha value is -0.750. The van der Waals surface area contributed by atoms with E-state index in [0.29, 0.717) is 0 Å². The van der Waals surface area contributed by atoms with Gasteiger partial charge in [-0.25, -0.2) is 0 Å². The summed E-state index contributed by atoms with van der Waals surface area (Å²) in [5.74, 6) is -2.10. The van der Waals surface area contributed by atoms with Gasteiger partial charge in [0.1, 0.15) is 11.3 Å². The Balaban J connectivity index is 4.47. The molecule has 2 atom stereocenters. The van der Waals surface area contributed by atoms with Crippen molar-refractivity contribution in [2.75, 3.05) is 0 Å². The van der Waals surface area contributed by atoms with Crippen molar-refractivity contribution in [3.8, 4) is 0 Å². The zero-order chi connectivity index (χ0) is 11.5. The molecular formula is C8H15NO4S. The van der Waals surface area contributed by atoms with Crippen molar-refractivity contribution in [3.63, 3.8) is 0 Å². The molecule has 0 aromatic carbocycles. The molecule has 0 heterocycles. The lowest BCUT2D eigenvalue weighted by atomic mass is 10.1. The Morgan fingerprint density at radius 3 is 2.00 bits per heavy atom. The first kappa shape index (κ1) is 13.2. The third kappa shape index (κ3) is 3.55. The Bertz CT molecular complexity index is 241. The zero-order valence-electron chi connectivity index (χ0n) is 8.35. The van der Waals surface area contributed by atoms with Gasteiger partial charge >= 0.3 is 11.9 Å². The van der Waals surface area contributed by atoms with Crippen LogP contribution < -0.4 is 5.73 Å². The third-order valence-corrected chi connectivity index (χ3v) is 3.26. The van der Waals surface area contributed by atoms with Gasteiger partial charge in [-0.3, -0.25) is 9.59 Å². The van der Waals surface area contributed by atoms with E-state index in [-0.39, 0.29) is 0 Å². The van der Waals surface area contributed by atoms with Gasteiger partial charge in [0.2, 0.25) is 0 Å². The van der Waals surface area contributed by atoms with Gasteiger partial charge in [0.05, 0.1) is 0 Å². The predicted octanol–water partition coefficient (Wildman–Crippen LogP) is 0.383. The number of carboxylic acid groups (broad SMARTS) is 2. The number of rotatable bonds is 5. The molecule has 0 spiro atoms. The van der Waals surface area contributed by atoms with Crippen molar-refractivity contribution in [1.29, 1.82) is 0 Å². The van der Waals surface area contributed by atoms with Gasteiger partial charge < -0.3 is 15.9 Å². The standard InChI is InChI=1S/C8H15NO4S/c1-4(6(10)11)14-8(2,3)5(9)7(12)13/h4-5H,9H2,1-3H3,(H,10,11)(H,12,13)/t4?,5-/m1/s1. The lowest BCUT2D eigenvalue weighted by Gasteiger charge is -2.29. The summed E-state index contributed by atoms with van der Waals surface area (Å²) in [6.07, 6.45) is 0. The molecule has 14 heavy (non-hydrogen) atoms. The minimum Gasteiger partial charge on any atom is -0.480 e. The lowest BCUT2D eigenvalue weighted by molar-refractivity contribution is -0.139. The van der Waals surface area contributed by atoms with Crippen molar-refractivity contribution < 1.29 is 19.8 Å². The molecule has 0 aromatic heterocycles. The first-order chi connectivity index (χ1) is 6.18. The normalized spacial score (nSPS) is 16.0. The highest BCUT2D eigenvalue weighted by Gasteiger charge is 2.35. The fourth-order valence-corrected chi connectivity index (χ4v) is 2.14. The molecule has 0 fully saturated rings. The molecule has 0 bridgehead atoms. The molecule has 0 aliphatic heterocycles. The van der Waals surface area contributed by atoms with Crippen LogP contribution in [0.15, 0.2) is 0 Å². The van der Waals surface area contributed by atoms with Gasteiger partial charge in [-0.15, -0.1) is 11.8 Å². The minimum atomic E-state index is -1.12. The fraction of sp³-hybridized carbons (Fsp3) is 0.750. The van der Waals surface area contributed by atoms with Gasteiger partial charge in [0.25, 0.3) is 0 Å². The van der Waals surface area contributed by atoms with Crippen LogP contribution in [0.4, 0.5) is 0 Å². The molecule has 0 radical (unpaired) electrons. The Morgan fingerprint density at radius 2 is 1.71 bits per heavy atom. The Labute approximate surface area is 86.7 Å². The van der Waals surface area contributed by atoms with E-state index in [2.05, 4.69) is 0 Å². The van der Waals surface area contributed by atoms with Crippen LogP contribution in [0.3, 0.4) is 0 Å². The van der Waals surface area contributed by atoms with Crippen LogP contribution in [0.5, 0.6) is 0 Å². The fourth-order valence-electron chi connectivity index (χ4n) is 0.877. The highest BCUT2D eigenvalue weighted by molar-refractivity contribution is 8.01. The largest absolute Gasteiger partial charge is 0.480 e. The van der Waals surface area contributed by atoms with Crippen LogP contribution in [-0.2, 0) is 9.59 Å². The van der Waals surface area contributed by atoms with E-state index in [0.717, 1.165) is 11.8 Å². The first-order valence-corrected chi connectivity index (χ1v) is 4.95. The molecule has 0 rings (SSSR count). The molecule has 1 unspecified atom stereocenters. The van der Waals surface area contributed by atoms with Crippen molar-refractivity contribution >= 4 is 23.7 Å². The number of hydrogen-bond acceptors (Lipinski definition) is 4. The summed E-state index contributed by atoms with van der Waals surface area (Å²) >= 11 is 1.04. The highest BCUT2D eigenvalue weighted by Crippen LogP contribution is 2.31.